The first-order valence-corrected chi connectivity index (χ1v) is 16.6. The number of carbonyl (C=O) groups is 1. The number of furan rings is 1. The number of hydrogen-bond donors (Lipinski definition) is 3. The van der Waals surface area contributed by atoms with E-state index in [9.17, 15) is 22.0 Å². The van der Waals surface area contributed by atoms with E-state index >= 15 is 0 Å². The van der Waals surface area contributed by atoms with E-state index in [0.717, 1.165) is 23.0 Å². The second kappa shape index (κ2) is 11.1. The number of rotatable bonds is 7. The van der Waals surface area contributed by atoms with Gasteiger partial charge in [0, 0.05) is 58.3 Å². The molecular weight excluding hydrogens is 610 g/mol. The molecule has 234 valence electrons. The molecule has 46 heavy (non-hydrogen) atoms. The molecule has 1 amide bonds. The average molecular weight is 641 g/mol. The molecule has 2 aromatic heterocycles. The minimum Gasteiger partial charge on any atom is -0.455 e. The van der Waals surface area contributed by atoms with Crippen LogP contribution in [0.4, 0.5) is 14.5 Å². The Morgan fingerprint density at radius 2 is 1.65 bits per heavy atom. The zero-order chi connectivity index (χ0) is 32.3. The Balaban J connectivity index is 1.48. The van der Waals surface area contributed by atoms with E-state index < -0.39 is 21.7 Å². The van der Waals surface area contributed by atoms with Crippen molar-refractivity contribution in [3.8, 4) is 33.7 Å². The maximum atomic E-state index is 13.9. The number of hydrogen-bond acceptors (Lipinski definition) is 5. The van der Waals surface area contributed by atoms with Gasteiger partial charge in [0.2, 0.25) is 10.0 Å². The van der Waals surface area contributed by atoms with Gasteiger partial charge in [-0.05, 0) is 84.6 Å². The van der Waals surface area contributed by atoms with Gasteiger partial charge in [0.25, 0.3) is 5.91 Å². The van der Waals surface area contributed by atoms with Crippen molar-refractivity contribution in [3.63, 3.8) is 0 Å². The molecule has 0 saturated heterocycles. The van der Waals surface area contributed by atoms with Gasteiger partial charge in [0.1, 0.15) is 23.0 Å². The zero-order valence-electron chi connectivity index (χ0n) is 25.0. The molecule has 4 aromatic carbocycles. The molecule has 0 spiro atoms. The number of aromatic nitrogens is 1. The number of benzene rings is 4. The van der Waals surface area contributed by atoms with Crippen LogP contribution in [0, 0.1) is 11.6 Å². The summed E-state index contributed by atoms with van der Waals surface area (Å²) < 4.78 is 62.2. The highest BCUT2D eigenvalue weighted by atomic mass is 32.2. The van der Waals surface area contributed by atoms with E-state index in [1.165, 1.54) is 47.8 Å². The molecule has 8 nitrogen and oxygen atoms in total. The van der Waals surface area contributed by atoms with Crippen LogP contribution in [0.15, 0.2) is 89.3 Å². The highest BCUT2D eigenvalue weighted by Crippen LogP contribution is 2.44. The number of H-pyrrole nitrogens is 1. The van der Waals surface area contributed by atoms with E-state index in [1.807, 2.05) is 30.3 Å². The van der Waals surface area contributed by atoms with Crippen LogP contribution in [0.3, 0.4) is 0 Å². The fraction of sp³-hybridized carbons (Fsp3) is 0.171. The topological polar surface area (TPSA) is 121 Å². The van der Waals surface area contributed by atoms with Gasteiger partial charge in [-0.1, -0.05) is 18.2 Å². The number of nitrogens with zero attached hydrogens (tertiary/aromatic N) is 1. The summed E-state index contributed by atoms with van der Waals surface area (Å²) in [5.41, 5.74) is 11.1. The highest BCUT2D eigenvalue weighted by molar-refractivity contribution is 7.92. The quantitative estimate of drug-likeness (QED) is 0.177. The van der Waals surface area contributed by atoms with Crippen molar-refractivity contribution in [3.05, 3.63) is 102 Å². The molecule has 0 bridgehead atoms. The van der Waals surface area contributed by atoms with Gasteiger partial charge in [-0.25, -0.2) is 17.2 Å². The summed E-state index contributed by atoms with van der Waals surface area (Å²) in [5.74, 6) is -0.962. The number of nitrogens with two attached hydrogens (primary N) is 1. The SMILES string of the molecule is CNC(=O)c1c(-c2ccc(F)cc2)oc2cc(N(C3CC(N)C3)S(C)(=O)=O)c(-c3cccc(-c4cc5cc(F)ccc5[nH]4)c3)cc12. The molecule has 0 unspecified atom stereocenters. The van der Waals surface area contributed by atoms with Crippen molar-refractivity contribution < 1.29 is 26.4 Å². The Morgan fingerprint density at radius 1 is 0.935 bits per heavy atom. The third-order valence-electron chi connectivity index (χ3n) is 8.51. The lowest BCUT2D eigenvalue weighted by Gasteiger charge is -2.41. The molecule has 0 radical (unpaired) electrons. The van der Waals surface area contributed by atoms with Crippen molar-refractivity contribution in [2.45, 2.75) is 24.9 Å². The Morgan fingerprint density at radius 3 is 2.35 bits per heavy atom. The zero-order valence-corrected chi connectivity index (χ0v) is 25.8. The normalized spacial score (nSPS) is 16.5. The average Bonchev–Trinajstić information content (AvgIpc) is 3.60. The van der Waals surface area contributed by atoms with Crippen molar-refractivity contribution in [2.24, 2.45) is 5.73 Å². The van der Waals surface area contributed by atoms with Crippen molar-refractivity contribution in [1.82, 2.24) is 10.3 Å². The third-order valence-corrected chi connectivity index (χ3v) is 9.72. The molecule has 1 aliphatic carbocycles. The van der Waals surface area contributed by atoms with Crippen LogP contribution in [0.25, 0.3) is 55.6 Å². The second-order valence-corrected chi connectivity index (χ2v) is 13.6. The van der Waals surface area contributed by atoms with E-state index in [4.69, 9.17) is 10.2 Å². The summed E-state index contributed by atoms with van der Waals surface area (Å²) >= 11 is 0. The van der Waals surface area contributed by atoms with E-state index in [2.05, 4.69) is 10.3 Å². The van der Waals surface area contributed by atoms with Crippen LogP contribution in [0.1, 0.15) is 23.2 Å². The monoisotopic (exact) mass is 640 g/mol. The number of anilines is 1. The molecule has 6 aromatic rings. The van der Waals surface area contributed by atoms with Crippen LogP contribution in [0.2, 0.25) is 0 Å². The standard InChI is InChI=1S/C35H30F2N4O4S/c1-39-35(42)33-28-17-27(20-4-3-5-21(12-20)30-14-22-13-24(37)10-11-29(22)40-30)31(41(46(2,43)44)26-15-25(38)16-26)18-32(28)45-34(33)19-6-8-23(36)9-7-19/h3-14,17-18,25-26,40H,15-16,38H2,1-2H3,(H,39,42). The van der Waals surface area contributed by atoms with Gasteiger partial charge in [-0.3, -0.25) is 9.10 Å². The number of carbonyl (C=O) groups excluding carboxylic acids is 1. The number of aromatic amines is 1. The summed E-state index contributed by atoms with van der Waals surface area (Å²) in [4.78, 5) is 16.7. The van der Waals surface area contributed by atoms with Crippen LogP contribution in [-0.4, -0.2) is 44.7 Å². The van der Waals surface area contributed by atoms with E-state index in [-0.39, 0.29) is 29.2 Å². The first-order valence-electron chi connectivity index (χ1n) is 14.7. The maximum Gasteiger partial charge on any atom is 0.255 e. The molecule has 0 aliphatic heterocycles. The van der Waals surface area contributed by atoms with Crippen LogP contribution in [0.5, 0.6) is 0 Å². The molecule has 2 heterocycles. The first kappa shape index (κ1) is 29.7. The summed E-state index contributed by atoms with van der Waals surface area (Å²) in [6, 6.07) is 22.5. The molecule has 0 atom stereocenters. The number of nitrogens with one attached hydrogen (secondary N) is 2. The van der Waals surface area contributed by atoms with Crippen LogP contribution < -0.4 is 15.4 Å². The van der Waals surface area contributed by atoms with Crippen molar-refractivity contribution in [2.75, 3.05) is 17.6 Å². The summed E-state index contributed by atoms with van der Waals surface area (Å²) in [7, 11) is -2.29. The van der Waals surface area contributed by atoms with Gasteiger partial charge in [0.15, 0.2) is 0 Å². The third kappa shape index (κ3) is 5.21. The first-order chi connectivity index (χ1) is 22.0. The minimum atomic E-state index is -3.79. The van der Waals surface area contributed by atoms with Crippen LogP contribution >= 0.6 is 0 Å². The number of amides is 1. The molecule has 7 rings (SSSR count). The van der Waals surface area contributed by atoms with Gasteiger partial charge < -0.3 is 20.5 Å². The maximum absolute atomic E-state index is 13.9. The van der Waals surface area contributed by atoms with Gasteiger partial charge in [-0.15, -0.1) is 0 Å². The van der Waals surface area contributed by atoms with Crippen molar-refractivity contribution >= 4 is 43.5 Å². The number of fused-ring (bicyclic) bond motifs is 2. The largest absolute Gasteiger partial charge is 0.455 e. The number of halogens is 2. The van der Waals surface area contributed by atoms with Gasteiger partial charge >= 0.3 is 0 Å². The lowest BCUT2D eigenvalue weighted by Crippen LogP contribution is -2.52. The minimum absolute atomic E-state index is 0.120. The summed E-state index contributed by atoms with van der Waals surface area (Å²) in [6.45, 7) is 0. The fourth-order valence-corrected chi connectivity index (χ4v) is 7.50. The predicted octanol–water partition coefficient (Wildman–Crippen LogP) is 6.81. The highest BCUT2D eigenvalue weighted by Gasteiger charge is 2.38. The predicted molar refractivity (Wildman–Crippen MR) is 176 cm³/mol. The lowest BCUT2D eigenvalue weighted by molar-refractivity contribution is 0.0964. The van der Waals surface area contributed by atoms with E-state index in [0.29, 0.717) is 51.6 Å². The molecule has 1 saturated carbocycles. The lowest BCUT2D eigenvalue weighted by atomic mass is 9.87. The second-order valence-electron chi connectivity index (χ2n) is 11.7. The van der Waals surface area contributed by atoms with E-state index in [1.54, 1.807) is 18.2 Å². The fourth-order valence-electron chi connectivity index (χ4n) is 6.28. The summed E-state index contributed by atoms with van der Waals surface area (Å²) in [6.07, 6.45) is 2.13. The Hall–Kier alpha value is -5.00. The van der Waals surface area contributed by atoms with Crippen molar-refractivity contribution in [1.29, 1.82) is 0 Å². The van der Waals surface area contributed by atoms with Gasteiger partial charge in [0.05, 0.1) is 17.5 Å². The smallest absolute Gasteiger partial charge is 0.255 e. The molecular formula is C35H30F2N4O4S. The van der Waals surface area contributed by atoms with Gasteiger partial charge in [-0.2, -0.15) is 0 Å². The molecule has 1 aliphatic rings. The number of sulfonamides is 1. The molecule has 11 heteroatoms. The Labute approximate surface area is 263 Å². The molecule has 4 N–H and O–H groups in total. The Bertz CT molecular complexity index is 2250. The molecule has 1 fully saturated rings. The summed E-state index contributed by atoms with van der Waals surface area (Å²) in [5, 5.41) is 3.84. The Kier molecular flexibility index (Phi) is 7.17. The van der Waals surface area contributed by atoms with Crippen LogP contribution in [-0.2, 0) is 10.0 Å².